The number of ether oxygens (including phenoxy) is 1. The van der Waals surface area contributed by atoms with Gasteiger partial charge in [-0.25, -0.2) is 0 Å². The van der Waals surface area contributed by atoms with Crippen molar-refractivity contribution >= 4 is 12.0 Å². The highest BCUT2D eigenvalue weighted by Gasteiger charge is 2.44. The molecule has 3 nitrogen and oxygen atoms in total. The van der Waals surface area contributed by atoms with E-state index in [1.165, 1.54) is 4.90 Å². The molecule has 1 heterocycles. The van der Waals surface area contributed by atoms with Crippen LogP contribution in [0.4, 0.5) is 26.3 Å². The van der Waals surface area contributed by atoms with Gasteiger partial charge in [-0.1, -0.05) is 12.1 Å². The number of nitrogens with zero attached hydrogens (tertiary/aromatic N) is 1. The van der Waals surface area contributed by atoms with E-state index in [4.69, 9.17) is 4.74 Å². The zero-order valence-corrected chi connectivity index (χ0v) is 12.2. The van der Waals surface area contributed by atoms with Crippen molar-refractivity contribution in [3.8, 4) is 0 Å². The monoisotopic (exact) mass is 353 g/mol. The number of alkyl halides is 6. The predicted molar refractivity (Wildman–Crippen MR) is 72.9 cm³/mol. The van der Waals surface area contributed by atoms with Crippen molar-refractivity contribution in [3.63, 3.8) is 0 Å². The van der Waals surface area contributed by atoms with Gasteiger partial charge >= 0.3 is 12.4 Å². The number of hydrogen-bond donors (Lipinski definition) is 0. The topological polar surface area (TPSA) is 29.5 Å². The van der Waals surface area contributed by atoms with Crippen LogP contribution >= 0.6 is 0 Å². The Morgan fingerprint density at radius 3 is 2.21 bits per heavy atom. The molecule has 2 rings (SSSR count). The largest absolute Gasteiger partial charge is 0.417 e. The fourth-order valence-corrected chi connectivity index (χ4v) is 2.31. The lowest BCUT2D eigenvalue weighted by molar-refractivity contribution is -0.162. The number of carbonyl (C=O) groups is 1. The molecule has 0 atom stereocenters. The molecule has 0 N–H and O–H groups in total. The predicted octanol–water partition coefficient (Wildman–Crippen LogP) is 3.60. The Kier molecular flexibility index (Phi) is 5.22. The van der Waals surface area contributed by atoms with Crippen LogP contribution in [0, 0.1) is 0 Å². The molecule has 1 aromatic rings. The van der Waals surface area contributed by atoms with E-state index in [-0.39, 0.29) is 13.1 Å². The van der Waals surface area contributed by atoms with Crippen molar-refractivity contribution in [2.45, 2.75) is 12.4 Å². The van der Waals surface area contributed by atoms with Crippen LogP contribution in [0.15, 0.2) is 24.3 Å². The van der Waals surface area contributed by atoms with Crippen molar-refractivity contribution < 1.29 is 35.9 Å². The van der Waals surface area contributed by atoms with Crippen molar-refractivity contribution in [2.24, 2.45) is 0 Å². The van der Waals surface area contributed by atoms with Crippen LogP contribution in [-0.2, 0) is 21.9 Å². The van der Waals surface area contributed by atoms with Crippen LogP contribution in [0.1, 0.15) is 16.7 Å². The normalized spacial score (nSPS) is 16.7. The van der Waals surface area contributed by atoms with Gasteiger partial charge < -0.3 is 9.64 Å². The summed E-state index contributed by atoms with van der Waals surface area (Å²) in [6, 6.07) is 2.13. The number of rotatable bonds is 2. The summed E-state index contributed by atoms with van der Waals surface area (Å²) >= 11 is 0. The maximum atomic E-state index is 13.1. The Morgan fingerprint density at radius 2 is 1.67 bits per heavy atom. The lowest BCUT2D eigenvalue weighted by atomic mass is 9.99. The molecule has 0 spiro atoms. The van der Waals surface area contributed by atoms with Crippen LogP contribution < -0.4 is 0 Å². The number of morpholine rings is 1. The molecule has 0 unspecified atom stereocenters. The fraction of sp³-hybridized carbons (Fsp3) is 0.400. The first kappa shape index (κ1) is 18.3. The summed E-state index contributed by atoms with van der Waals surface area (Å²) in [5.74, 6) is -0.580. The highest BCUT2D eigenvalue weighted by Crippen LogP contribution is 2.42. The summed E-state index contributed by atoms with van der Waals surface area (Å²) in [5, 5.41) is 0. The minimum atomic E-state index is -5.20. The summed E-state index contributed by atoms with van der Waals surface area (Å²) in [6.07, 6.45) is -8.75. The lowest BCUT2D eigenvalue weighted by Crippen LogP contribution is -2.39. The van der Waals surface area contributed by atoms with Crippen molar-refractivity contribution in [3.05, 3.63) is 41.0 Å². The van der Waals surface area contributed by atoms with Gasteiger partial charge in [-0.05, 0) is 17.7 Å². The first-order chi connectivity index (χ1) is 11.1. The third kappa shape index (κ3) is 4.28. The zero-order valence-electron chi connectivity index (χ0n) is 12.2. The van der Waals surface area contributed by atoms with E-state index in [0.717, 1.165) is 24.3 Å². The molecular formula is C15H13F6NO2. The van der Waals surface area contributed by atoms with E-state index in [9.17, 15) is 31.1 Å². The Balaban J connectivity index is 2.36. The molecule has 132 valence electrons. The molecule has 0 saturated carbocycles. The maximum absolute atomic E-state index is 13.1. The quantitative estimate of drug-likeness (QED) is 0.601. The molecule has 0 aliphatic carbocycles. The molecular weight excluding hydrogens is 340 g/mol. The van der Waals surface area contributed by atoms with Gasteiger partial charge in [-0.2, -0.15) is 26.3 Å². The minimum absolute atomic E-state index is 0.276. The first-order valence-corrected chi connectivity index (χ1v) is 6.93. The van der Waals surface area contributed by atoms with Gasteiger partial charge in [0.25, 0.3) is 0 Å². The molecule has 9 heteroatoms. The van der Waals surface area contributed by atoms with Crippen molar-refractivity contribution in [1.29, 1.82) is 0 Å². The number of benzene rings is 1. The number of amides is 1. The van der Waals surface area contributed by atoms with E-state index < -0.39 is 35.0 Å². The minimum Gasteiger partial charge on any atom is -0.378 e. The third-order valence-corrected chi connectivity index (χ3v) is 3.41. The molecule has 24 heavy (non-hydrogen) atoms. The summed E-state index contributed by atoms with van der Waals surface area (Å²) in [6.45, 7) is 1.16. The Labute approximate surface area is 133 Å². The third-order valence-electron chi connectivity index (χ3n) is 3.41. The van der Waals surface area contributed by atoms with E-state index in [0.29, 0.717) is 19.3 Å². The molecule has 1 aliphatic rings. The SMILES string of the molecule is O=C(C=Cc1cccc(C(F)(F)F)c1C(F)(F)F)N1CCOCC1. The average molecular weight is 353 g/mol. The highest BCUT2D eigenvalue weighted by atomic mass is 19.4. The van der Waals surface area contributed by atoms with Gasteiger partial charge in [-0.15, -0.1) is 0 Å². The zero-order chi connectivity index (χ0) is 18.0. The molecule has 1 aliphatic heterocycles. The molecule has 1 fully saturated rings. The average Bonchev–Trinajstić information content (AvgIpc) is 2.51. The van der Waals surface area contributed by atoms with Crippen LogP contribution in [0.25, 0.3) is 6.08 Å². The van der Waals surface area contributed by atoms with E-state index in [2.05, 4.69) is 0 Å². The van der Waals surface area contributed by atoms with Gasteiger partial charge in [0, 0.05) is 19.2 Å². The Bertz CT molecular complexity index is 630. The summed E-state index contributed by atoms with van der Waals surface area (Å²) in [4.78, 5) is 13.2. The molecule has 1 amide bonds. The molecule has 0 radical (unpaired) electrons. The second-order valence-corrected chi connectivity index (χ2v) is 5.04. The summed E-state index contributed by atoms with van der Waals surface area (Å²) in [5.41, 5.74) is -4.29. The van der Waals surface area contributed by atoms with E-state index >= 15 is 0 Å². The summed E-state index contributed by atoms with van der Waals surface area (Å²) < 4.78 is 82.8. The number of carbonyl (C=O) groups excluding carboxylic acids is 1. The van der Waals surface area contributed by atoms with Crippen LogP contribution in [0.2, 0.25) is 0 Å². The molecule has 1 aromatic carbocycles. The van der Waals surface area contributed by atoms with Crippen LogP contribution in [-0.4, -0.2) is 37.1 Å². The standard InChI is InChI=1S/C15H13F6NO2/c16-14(17,18)11-3-1-2-10(13(11)15(19,20)21)4-5-12(23)22-6-8-24-9-7-22/h1-5H,6-9H2. The second kappa shape index (κ2) is 6.84. The number of halogens is 6. The Morgan fingerprint density at radius 1 is 1.04 bits per heavy atom. The molecule has 0 aromatic heterocycles. The van der Waals surface area contributed by atoms with Gasteiger partial charge in [0.1, 0.15) is 0 Å². The summed E-state index contributed by atoms with van der Waals surface area (Å²) in [7, 11) is 0. The highest BCUT2D eigenvalue weighted by molar-refractivity contribution is 5.92. The molecule has 0 bridgehead atoms. The van der Waals surface area contributed by atoms with E-state index in [1.54, 1.807) is 0 Å². The van der Waals surface area contributed by atoms with E-state index in [1.807, 2.05) is 0 Å². The lowest BCUT2D eigenvalue weighted by Gasteiger charge is -2.25. The second-order valence-electron chi connectivity index (χ2n) is 5.04. The first-order valence-electron chi connectivity index (χ1n) is 6.93. The van der Waals surface area contributed by atoms with Gasteiger partial charge in [0.15, 0.2) is 0 Å². The van der Waals surface area contributed by atoms with Gasteiger partial charge in [0.05, 0.1) is 24.3 Å². The Hall–Kier alpha value is -2.03. The molecule has 1 saturated heterocycles. The number of hydrogen-bond acceptors (Lipinski definition) is 2. The van der Waals surface area contributed by atoms with Crippen LogP contribution in [0.5, 0.6) is 0 Å². The smallest absolute Gasteiger partial charge is 0.378 e. The van der Waals surface area contributed by atoms with Crippen molar-refractivity contribution in [2.75, 3.05) is 26.3 Å². The maximum Gasteiger partial charge on any atom is 0.417 e. The van der Waals surface area contributed by atoms with Crippen LogP contribution in [0.3, 0.4) is 0 Å². The van der Waals surface area contributed by atoms with Gasteiger partial charge in [-0.3, -0.25) is 4.79 Å². The fourth-order valence-electron chi connectivity index (χ4n) is 2.31. The van der Waals surface area contributed by atoms with Gasteiger partial charge in [0.2, 0.25) is 5.91 Å². The van der Waals surface area contributed by atoms with Crippen molar-refractivity contribution in [1.82, 2.24) is 4.90 Å².